The molecule has 8 heteroatoms. The van der Waals surface area contributed by atoms with Crippen molar-refractivity contribution in [1.82, 2.24) is 4.90 Å². The van der Waals surface area contributed by atoms with Crippen LogP contribution in [0.5, 0.6) is 0 Å². The molecule has 0 aromatic carbocycles. The second kappa shape index (κ2) is 15.2. The van der Waals surface area contributed by atoms with Gasteiger partial charge in [-0.3, -0.25) is 14.5 Å². The Kier molecular flexibility index (Phi) is 14.1. The number of ether oxygens (including phenoxy) is 3. The van der Waals surface area contributed by atoms with Gasteiger partial charge in [0.25, 0.3) is 0 Å². The fourth-order valence-electron chi connectivity index (χ4n) is 1.61. The van der Waals surface area contributed by atoms with Crippen LogP contribution in [0, 0.1) is 12.3 Å². The van der Waals surface area contributed by atoms with E-state index in [9.17, 15) is 9.59 Å². The van der Waals surface area contributed by atoms with Crippen LogP contribution in [0.4, 0.5) is 0 Å². The lowest BCUT2D eigenvalue weighted by Gasteiger charge is -2.20. The standard InChI is InChI=1S/C15H25NO7/c1-2-8-21-10-12-23-13-11-22-9-7-16(5-3-14(17)18)6-4-15(19)20/h1H,3-13H2,(H,17,18)(H,19,20). The number of aliphatic carboxylic acids is 2. The van der Waals surface area contributed by atoms with E-state index in [-0.39, 0.29) is 19.4 Å². The number of hydrogen-bond acceptors (Lipinski definition) is 6. The number of terminal acetylenes is 1. The highest BCUT2D eigenvalue weighted by atomic mass is 16.5. The zero-order valence-electron chi connectivity index (χ0n) is 13.2. The van der Waals surface area contributed by atoms with Gasteiger partial charge in [0, 0.05) is 19.6 Å². The normalized spacial score (nSPS) is 10.6. The van der Waals surface area contributed by atoms with Gasteiger partial charge in [-0.2, -0.15) is 0 Å². The second-order valence-corrected chi connectivity index (χ2v) is 4.61. The Labute approximate surface area is 136 Å². The molecule has 132 valence electrons. The average molecular weight is 331 g/mol. The number of rotatable bonds is 16. The summed E-state index contributed by atoms with van der Waals surface area (Å²) in [7, 11) is 0. The molecule has 0 unspecified atom stereocenters. The summed E-state index contributed by atoms with van der Waals surface area (Å²) in [6.07, 6.45) is 4.97. The summed E-state index contributed by atoms with van der Waals surface area (Å²) in [4.78, 5) is 22.9. The highest BCUT2D eigenvalue weighted by molar-refractivity contribution is 5.67. The van der Waals surface area contributed by atoms with E-state index in [1.807, 2.05) is 0 Å². The molecular formula is C15H25NO7. The number of nitrogens with zero attached hydrogens (tertiary/aromatic N) is 1. The van der Waals surface area contributed by atoms with Gasteiger partial charge in [0.1, 0.15) is 6.61 Å². The van der Waals surface area contributed by atoms with Crippen LogP contribution in [0.1, 0.15) is 12.8 Å². The van der Waals surface area contributed by atoms with Crippen LogP contribution in [0.3, 0.4) is 0 Å². The summed E-state index contributed by atoms with van der Waals surface area (Å²) >= 11 is 0. The molecule has 0 saturated carbocycles. The number of carbonyl (C=O) groups is 2. The first-order chi connectivity index (χ1) is 11.1. The Bertz CT molecular complexity index is 349. The van der Waals surface area contributed by atoms with Crippen molar-refractivity contribution in [3.8, 4) is 12.3 Å². The van der Waals surface area contributed by atoms with Gasteiger partial charge in [-0.1, -0.05) is 5.92 Å². The van der Waals surface area contributed by atoms with Gasteiger partial charge in [0.15, 0.2) is 0 Å². The lowest BCUT2D eigenvalue weighted by molar-refractivity contribution is -0.137. The van der Waals surface area contributed by atoms with Crippen LogP contribution in [-0.2, 0) is 23.8 Å². The minimum absolute atomic E-state index is 0.0274. The van der Waals surface area contributed by atoms with Gasteiger partial charge in [-0.25, -0.2) is 0 Å². The van der Waals surface area contributed by atoms with Crippen molar-refractivity contribution >= 4 is 11.9 Å². The highest BCUT2D eigenvalue weighted by Crippen LogP contribution is 1.96. The van der Waals surface area contributed by atoms with E-state index < -0.39 is 11.9 Å². The lowest BCUT2D eigenvalue weighted by Crippen LogP contribution is -2.32. The number of hydrogen-bond donors (Lipinski definition) is 2. The van der Waals surface area contributed by atoms with Gasteiger partial charge in [-0.05, 0) is 0 Å². The third kappa shape index (κ3) is 16.5. The molecule has 0 aromatic rings. The largest absolute Gasteiger partial charge is 0.481 e. The summed E-state index contributed by atoms with van der Waals surface area (Å²) in [5, 5.41) is 17.3. The first-order valence-corrected chi connectivity index (χ1v) is 7.39. The molecule has 0 aliphatic rings. The summed E-state index contributed by atoms with van der Waals surface area (Å²) in [6.45, 7) is 3.43. The van der Waals surface area contributed by atoms with E-state index in [2.05, 4.69) is 5.92 Å². The smallest absolute Gasteiger partial charge is 0.304 e. The molecule has 0 atom stereocenters. The molecule has 0 bridgehead atoms. The average Bonchev–Trinajstić information content (AvgIpc) is 2.50. The van der Waals surface area contributed by atoms with E-state index >= 15 is 0 Å². The van der Waals surface area contributed by atoms with Crippen LogP contribution < -0.4 is 0 Å². The zero-order valence-corrected chi connectivity index (χ0v) is 13.2. The van der Waals surface area contributed by atoms with E-state index in [1.165, 1.54) is 0 Å². The minimum Gasteiger partial charge on any atom is -0.481 e. The molecule has 0 aliphatic carbocycles. The van der Waals surface area contributed by atoms with Crippen LogP contribution in [-0.4, -0.2) is 86.3 Å². The molecule has 0 spiro atoms. The molecule has 0 amide bonds. The zero-order chi connectivity index (χ0) is 17.3. The summed E-state index contributed by atoms with van der Waals surface area (Å²) in [5.41, 5.74) is 0. The van der Waals surface area contributed by atoms with E-state index in [0.717, 1.165) is 0 Å². The predicted molar refractivity (Wildman–Crippen MR) is 82.2 cm³/mol. The Hall–Kier alpha value is -1.66. The topological polar surface area (TPSA) is 106 Å². The number of carboxylic acids is 2. The summed E-state index contributed by atoms with van der Waals surface area (Å²) in [5.74, 6) is 0.530. The fourth-order valence-corrected chi connectivity index (χ4v) is 1.61. The van der Waals surface area contributed by atoms with Crippen LogP contribution in [0.25, 0.3) is 0 Å². The Balaban J connectivity index is 3.62. The first-order valence-electron chi connectivity index (χ1n) is 7.39. The molecule has 0 fully saturated rings. The van der Waals surface area contributed by atoms with Crippen molar-refractivity contribution in [2.45, 2.75) is 12.8 Å². The SMILES string of the molecule is C#CCOCCOCCOCCN(CCC(=O)O)CCC(=O)O. The molecule has 0 heterocycles. The van der Waals surface area contributed by atoms with Crippen LogP contribution in [0.15, 0.2) is 0 Å². The quantitative estimate of drug-likeness (QED) is 0.299. The van der Waals surface area contributed by atoms with Crippen LogP contribution in [0.2, 0.25) is 0 Å². The van der Waals surface area contributed by atoms with Gasteiger partial charge in [-0.15, -0.1) is 6.42 Å². The maximum absolute atomic E-state index is 10.6. The van der Waals surface area contributed by atoms with Crippen molar-refractivity contribution < 1.29 is 34.0 Å². The molecule has 8 nitrogen and oxygen atoms in total. The lowest BCUT2D eigenvalue weighted by atomic mass is 10.3. The van der Waals surface area contributed by atoms with Crippen LogP contribution >= 0.6 is 0 Å². The van der Waals surface area contributed by atoms with Crippen molar-refractivity contribution in [2.24, 2.45) is 0 Å². The molecular weight excluding hydrogens is 306 g/mol. The van der Waals surface area contributed by atoms with E-state index in [1.54, 1.807) is 4.90 Å². The Morgan fingerprint density at radius 1 is 0.826 bits per heavy atom. The first kappa shape index (κ1) is 21.3. The molecule has 0 aliphatic heterocycles. The molecule has 23 heavy (non-hydrogen) atoms. The third-order valence-electron chi connectivity index (χ3n) is 2.77. The Morgan fingerprint density at radius 2 is 1.30 bits per heavy atom. The molecule has 0 aromatic heterocycles. The minimum atomic E-state index is -0.910. The molecule has 0 rings (SSSR count). The van der Waals surface area contributed by atoms with E-state index in [0.29, 0.717) is 52.7 Å². The summed E-state index contributed by atoms with van der Waals surface area (Å²) in [6, 6.07) is 0. The predicted octanol–water partition coefficient (Wildman–Crippen LogP) is -0.0792. The van der Waals surface area contributed by atoms with Crippen molar-refractivity contribution in [2.75, 3.05) is 59.3 Å². The number of carboxylic acid groups (broad SMARTS) is 2. The Morgan fingerprint density at radius 3 is 1.78 bits per heavy atom. The van der Waals surface area contributed by atoms with Crippen molar-refractivity contribution in [1.29, 1.82) is 0 Å². The molecule has 0 saturated heterocycles. The van der Waals surface area contributed by atoms with Crippen molar-refractivity contribution in [3.63, 3.8) is 0 Å². The maximum atomic E-state index is 10.6. The highest BCUT2D eigenvalue weighted by Gasteiger charge is 2.09. The molecule has 0 radical (unpaired) electrons. The van der Waals surface area contributed by atoms with Crippen molar-refractivity contribution in [3.05, 3.63) is 0 Å². The van der Waals surface area contributed by atoms with E-state index in [4.69, 9.17) is 30.8 Å². The maximum Gasteiger partial charge on any atom is 0.304 e. The summed E-state index contributed by atoms with van der Waals surface area (Å²) < 4.78 is 15.7. The fraction of sp³-hybridized carbons (Fsp3) is 0.733. The van der Waals surface area contributed by atoms with Gasteiger partial charge < -0.3 is 24.4 Å². The van der Waals surface area contributed by atoms with Gasteiger partial charge >= 0.3 is 11.9 Å². The molecule has 2 N–H and O–H groups in total. The monoisotopic (exact) mass is 331 g/mol. The third-order valence-corrected chi connectivity index (χ3v) is 2.77. The second-order valence-electron chi connectivity index (χ2n) is 4.61. The van der Waals surface area contributed by atoms with Gasteiger partial charge in [0.2, 0.25) is 0 Å². The van der Waals surface area contributed by atoms with Gasteiger partial charge in [0.05, 0.1) is 45.9 Å².